The molecule has 0 aliphatic rings. The second kappa shape index (κ2) is 5.06. The Balaban J connectivity index is 3.33. The molecule has 0 aromatic heterocycles. The zero-order chi connectivity index (χ0) is 13.0. The summed E-state index contributed by atoms with van der Waals surface area (Å²) >= 11 is 0. The van der Waals surface area contributed by atoms with Gasteiger partial charge in [0.25, 0.3) is 0 Å². The van der Waals surface area contributed by atoms with Crippen LogP contribution < -0.4 is 10.1 Å². The summed E-state index contributed by atoms with van der Waals surface area (Å²) in [5.74, 6) is -0.767. The van der Waals surface area contributed by atoms with Gasteiger partial charge in [-0.1, -0.05) is 6.07 Å². The van der Waals surface area contributed by atoms with Crippen LogP contribution in [0, 0.1) is 10.1 Å². The van der Waals surface area contributed by atoms with E-state index in [1.807, 2.05) is 0 Å². The summed E-state index contributed by atoms with van der Waals surface area (Å²) in [6, 6.07) is 3.86. The predicted octanol–water partition coefficient (Wildman–Crippen LogP) is 1.52. The number of para-hydroxylation sites is 1. The van der Waals surface area contributed by atoms with Crippen LogP contribution in [0.5, 0.6) is 5.75 Å². The molecule has 1 aromatic rings. The van der Waals surface area contributed by atoms with Gasteiger partial charge in [-0.2, -0.15) is 0 Å². The lowest BCUT2D eigenvalue weighted by Crippen LogP contribution is -2.23. The summed E-state index contributed by atoms with van der Waals surface area (Å²) in [5, 5.41) is 12.9. The van der Waals surface area contributed by atoms with E-state index in [-0.39, 0.29) is 11.3 Å². The van der Waals surface area contributed by atoms with E-state index >= 15 is 0 Å². The maximum absolute atomic E-state index is 11.3. The first-order valence-corrected chi connectivity index (χ1v) is 4.65. The van der Waals surface area contributed by atoms with E-state index in [1.165, 1.54) is 26.1 Å². The number of ketones is 1. The van der Waals surface area contributed by atoms with Crippen molar-refractivity contribution in [1.82, 2.24) is 5.32 Å². The van der Waals surface area contributed by atoms with Crippen molar-refractivity contribution in [3.8, 4) is 5.75 Å². The average molecular weight is 238 g/mol. The largest absolute Gasteiger partial charge is 0.412 e. The smallest absolute Gasteiger partial charge is 0.402 e. The topological polar surface area (TPSA) is 98.5 Å². The standard InChI is InChI=1S/C10H10N2O5/c1-6(13)7-4-3-5-8(12(15)16)9(7)17-10(14)11-2/h3-5H,1-2H3,(H,11,14). The van der Waals surface area contributed by atoms with Gasteiger partial charge >= 0.3 is 11.8 Å². The highest BCUT2D eigenvalue weighted by molar-refractivity contribution is 5.98. The second-order valence-electron chi connectivity index (χ2n) is 3.11. The third-order valence-electron chi connectivity index (χ3n) is 1.97. The Morgan fingerprint density at radius 2 is 2.06 bits per heavy atom. The molecule has 1 rings (SSSR count). The minimum atomic E-state index is -0.873. The number of carbonyl (C=O) groups is 2. The van der Waals surface area contributed by atoms with Crippen molar-refractivity contribution in [1.29, 1.82) is 0 Å². The number of benzene rings is 1. The first-order valence-electron chi connectivity index (χ1n) is 4.65. The normalized spacial score (nSPS) is 9.53. The van der Waals surface area contributed by atoms with Crippen molar-refractivity contribution in [2.24, 2.45) is 0 Å². The predicted molar refractivity (Wildman–Crippen MR) is 58.2 cm³/mol. The monoisotopic (exact) mass is 238 g/mol. The zero-order valence-electron chi connectivity index (χ0n) is 9.22. The molecule has 0 unspecified atom stereocenters. The van der Waals surface area contributed by atoms with E-state index in [2.05, 4.69) is 5.32 Å². The van der Waals surface area contributed by atoms with Gasteiger partial charge in [0.15, 0.2) is 5.78 Å². The number of nitro benzene ring substituents is 1. The first-order chi connectivity index (χ1) is 7.97. The molecule has 1 aromatic carbocycles. The van der Waals surface area contributed by atoms with Crippen LogP contribution in [-0.4, -0.2) is 23.8 Å². The molecule has 0 saturated carbocycles. The molecule has 0 fully saturated rings. The SMILES string of the molecule is CNC(=O)Oc1c(C(C)=O)cccc1[N+](=O)[O-]. The molecule has 0 aliphatic heterocycles. The van der Waals surface area contributed by atoms with Crippen LogP contribution >= 0.6 is 0 Å². The molecule has 90 valence electrons. The highest BCUT2D eigenvalue weighted by atomic mass is 16.6. The fourth-order valence-electron chi connectivity index (χ4n) is 1.20. The number of hydrogen-bond acceptors (Lipinski definition) is 5. The van der Waals surface area contributed by atoms with Crippen molar-refractivity contribution in [3.05, 3.63) is 33.9 Å². The molecule has 0 atom stereocenters. The molecule has 0 radical (unpaired) electrons. The molecule has 0 spiro atoms. The van der Waals surface area contributed by atoms with Gasteiger partial charge in [0.2, 0.25) is 5.75 Å². The number of rotatable bonds is 3. The maximum atomic E-state index is 11.3. The van der Waals surface area contributed by atoms with Crippen molar-refractivity contribution in [2.45, 2.75) is 6.92 Å². The fourth-order valence-corrected chi connectivity index (χ4v) is 1.20. The number of hydrogen-bond donors (Lipinski definition) is 1. The van der Waals surface area contributed by atoms with Crippen molar-refractivity contribution in [3.63, 3.8) is 0 Å². The maximum Gasteiger partial charge on any atom is 0.412 e. The van der Waals surface area contributed by atoms with Crippen LogP contribution in [0.15, 0.2) is 18.2 Å². The molecule has 0 bridgehead atoms. The van der Waals surface area contributed by atoms with Crippen LogP contribution in [-0.2, 0) is 0 Å². The molecule has 0 saturated heterocycles. The number of carbonyl (C=O) groups excluding carboxylic acids is 2. The Kier molecular flexibility index (Phi) is 3.76. The van der Waals surface area contributed by atoms with Gasteiger partial charge in [-0.05, 0) is 13.0 Å². The minimum Gasteiger partial charge on any atom is -0.402 e. The lowest BCUT2D eigenvalue weighted by molar-refractivity contribution is -0.385. The molecule has 1 amide bonds. The van der Waals surface area contributed by atoms with E-state index in [1.54, 1.807) is 0 Å². The fraction of sp³-hybridized carbons (Fsp3) is 0.200. The average Bonchev–Trinajstić information content (AvgIpc) is 2.28. The Hall–Kier alpha value is -2.44. The molecule has 0 heterocycles. The number of nitrogens with zero attached hydrogens (tertiary/aromatic N) is 1. The van der Waals surface area contributed by atoms with Crippen LogP contribution in [0.4, 0.5) is 10.5 Å². The minimum absolute atomic E-state index is 0.0113. The molecule has 1 N–H and O–H groups in total. The summed E-state index contributed by atoms with van der Waals surface area (Å²) in [5.41, 5.74) is -0.441. The summed E-state index contributed by atoms with van der Waals surface area (Å²) < 4.78 is 4.74. The Morgan fingerprint density at radius 1 is 1.41 bits per heavy atom. The van der Waals surface area contributed by atoms with E-state index in [0.29, 0.717) is 0 Å². The number of nitrogens with one attached hydrogen (secondary N) is 1. The molecular weight excluding hydrogens is 228 g/mol. The van der Waals surface area contributed by atoms with Gasteiger partial charge in [0.05, 0.1) is 10.5 Å². The zero-order valence-corrected chi connectivity index (χ0v) is 9.22. The third-order valence-corrected chi connectivity index (χ3v) is 1.97. The number of amides is 1. The Labute approximate surface area is 96.5 Å². The van der Waals surface area contributed by atoms with Crippen LogP contribution in [0.25, 0.3) is 0 Å². The number of Topliss-reactive ketones (excluding diaryl/α,β-unsaturated/α-hetero) is 1. The lowest BCUT2D eigenvalue weighted by Gasteiger charge is -2.07. The van der Waals surface area contributed by atoms with Crippen LogP contribution in [0.1, 0.15) is 17.3 Å². The van der Waals surface area contributed by atoms with Gasteiger partial charge in [-0.3, -0.25) is 14.9 Å². The highest BCUT2D eigenvalue weighted by Crippen LogP contribution is 2.31. The summed E-state index contributed by atoms with van der Waals surface area (Å²) in [7, 11) is 1.31. The highest BCUT2D eigenvalue weighted by Gasteiger charge is 2.23. The molecule has 7 nitrogen and oxygen atoms in total. The van der Waals surface area contributed by atoms with Crippen LogP contribution in [0.2, 0.25) is 0 Å². The van der Waals surface area contributed by atoms with Crippen molar-refractivity contribution < 1.29 is 19.2 Å². The van der Waals surface area contributed by atoms with Crippen molar-refractivity contribution in [2.75, 3.05) is 7.05 Å². The van der Waals surface area contributed by atoms with Gasteiger partial charge in [0.1, 0.15) is 0 Å². The number of ether oxygens (including phenoxy) is 1. The summed E-state index contributed by atoms with van der Waals surface area (Å²) in [6.45, 7) is 1.23. The van der Waals surface area contributed by atoms with E-state index in [0.717, 1.165) is 6.07 Å². The Morgan fingerprint density at radius 3 is 2.53 bits per heavy atom. The van der Waals surface area contributed by atoms with Gasteiger partial charge in [-0.15, -0.1) is 0 Å². The van der Waals surface area contributed by atoms with Gasteiger partial charge in [-0.25, -0.2) is 4.79 Å². The molecular formula is C10H10N2O5. The van der Waals surface area contributed by atoms with E-state index < -0.39 is 22.5 Å². The quantitative estimate of drug-likeness (QED) is 0.489. The van der Waals surface area contributed by atoms with E-state index in [9.17, 15) is 19.7 Å². The van der Waals surface area contributed by atoms with Crippen LogP contribution in [0.3, 0.4) is 0 Å². The van der Waals surface area contributed by atoms with Gasteiger partial charge < -0.3 is 10.1 Å². The van der Waals surface area contributed by atoms with Gasteiger partial charge in [0, 0.05) is 13.1 Å². The summed E-state index contributed by atoms with van der Waals surface area (Å²) in [4.78, 5) is 32.4. The molecule has 0 aliphatic carbocycles. The molecule has 7 heteroatoms. The summed E-state index contributed by atoms with van der Waals surface area (Å²) in [6.07, 6.45) is -0.873. The molecule has 17 heavy (non-hydrogen) atoms. The van der Waals surface area contributed by atoms with Crippen molar-refractivity contribution >= 4 is 17.6 Å². The Bertz CT molecular complexity index is 451. The lowest BCUT2D eigenvalue weighted by atomic mass is 10.1. The third kappa shape index (κ3) is 2.77. The first kappa shape index (κ1) is 12.6. The number of nitro groups is 1. The van der Waals surface area contributed by atoms with E-state index in [4.69, 9.17) is 4.74 Å². The second-order valence-corrected chi connectivity index (χ2v) is 3.11.